The summed E-state index contributed by atoms with van der Waals surface area (Å²) < 4.78 is 25.1. The highest BCUT2D eigenvalue weighted by Crippen LogP contribution is 2.28. The lowest BCUT2D eigenvalue weighted by molar-refractivity contribution is -0.176. The van der Waals surface area contributed by atoms with Crippen LogP contribution in [-0.2, 0) is 9.84 Å². The molecular weight excluding hydrogens is 318 g/mol. The summed E-state index contributed by atoms with van der Waals surface area (Å²) in [7, 11) is -3.43. The molecule has 1 aliphatic rings. The van der Waals surface area contributed by atoms with E-state index in [1.807, 2.05) is 0 Å². The molecule has 130 valence electrons. The highest BCUT2D eigenvalue weighted by Gasteiger charge is 2.26. The van der Waals surface area contributed by atoms with Crippen LogP contribution in [-0.4, -0.2) is 35.4 Å². The maximum Gasteiger partial charge on any atom is 0.222 e. The monoisotopic (exact) mass is 343 g/mol. The van der Waals surface area contributed by atoms with Crippen LogP contribution in [0.15, 0.2) is 29.2 Å². The Morgan fingerprint density at radius 3 is 2.48 bits per heavy atom. The smallest absolute Gasteiger partial charge is 0.222 e. The summed E-state index contributed by atoms with van der Waals surface area (Å²) in [5.74, 6) is -2.20. The van der Waals surface area contributed by atoms with Gasteiger partial charge in [-0.15, -0.1) is 0 Å². The van der Waals surface area contributed by atoms with Crippen molar-refractivity contribution in [1.82, 2.24) is 0 Å². The Morgan fingerprint density at radius 2 is 1.87 bits per heavy atom. The maximum atomic E-state index is 12.6. The molecule has 6 nitrogen and oxygen atoms in total. The first-order valence-corrected chi connectivity index (χ1v) is 9.57. The molecule has 7 heteroatoms. The average molecular weight is 343 g/mol. The number of hydrogen-bond acceptors (Lipinski definition) is 6. The van der Waals surface area contributed by atoms with Crippen molar-refractivity contribution in [2.75, 3.05) is 5.75 Å². The molecule has 0 radical (unpaired) electrons. The van der Waals surface area contributed by atoms with Crippen molar-refractivity contribution in [1.29, 1.82) is 0 Å². The minimum absolute atomic E-state index is 0.118. The number of aliphatic hydroxyl groups excluding tert-OH is 1. The van der Waals surface area contributed by atoms with Crippen LogP contribution in [0.4, 0.5) is 0 Å². The third-order valence-corrected chi connectivity index (χ3v) is 6.16. The predicted molar refractivity (Wildman–Crippen MR) is 86.0 cm³/mol. The van der Waals surface area contributed by atoms with E-state index >= 15 is 0 Å². The first kappa shape index (κ1) is 18.4. The van der Waals surface area contributed by atoms with Crippen LogP contribution >= 0.6 is 0 Å². The van der Waals surface area contributed by atoms with Gasteiger partial charge < -0.3 is 15.3 Å². The molecule has 1 aromatic carbocycles. The van der Waals surface area contributed by atoms with Crippen molar-refractivity contribution in [3.8, 4) is 0 Å². The van der Waals surface area contributed by atoms with E-state index in [4.69, 9.17) is 15.9 Å². The molecule has 1 fully saturated rings. The van der Waals surface area contributed by atoms with Crippen molar-refractivity contribution in [3.63, 3.8) is 0 Å². The van der Waals surface area contributed by atoms with Gasteiger partial charge in [-0.2, -0.15) is 0 Å². The van der Waals surface area contributed by atoms with Crippen LogP contribution in [0.2, 0.25) is 0 Å². The van der Waals surface area contributed by atoms with Gasteiger partial charge in [-0.1, -0.05) is 31.4 Å². The highest BCUT2D eigenvalue weighted by atomic mass is 32.2. The molecule has 0 bridgehead atoms. The molecule has 23 heavy (non-hydrogen) atoms. The summed E-state index contributed by atoms with van der Waals surface area (Å²) in [4.78, 5) is 0.151. The van der Waals surface area contributed by atoms with E-state index in [1.165, 1.54) is 24.6 Å². The van der Waals surface area contributed by atoms with Gasteiger partial charge in [-0.25, -0.2) is 8.42 Å². The van der Waals surface area contributed by atoms with E-state index in [9.17, 15) is 13.5 Å². The van der Waals surface area contributed by atoms with Crippen molar-refractivity contribution in [2.45, 2.75) is 55.4 Å². The van der Waals surface area contributed by atoms with Crippen molar-refractivity contribution < 1.29 is 23.7 Å². The second-order valence-corrected chi connectivity index (χ2v) is 8.49. The van der Waals surface area contributed by atoms with Gasteiger partial charge in [-0.05, 0) is 36.5 Å². The number of rotatable bonds is 6. The minimum atomic E-state index is -3.43. The molecule has 1 aromatic rings. The Labute approximate surface area is 136 Å². The van der Waals surface area contributed by atoms with E-state index in [2.05, 4.69) is 0 Å². The molecular formula is C16H25NO5S. The summed E-state index contributed by atoms with van der Waals surface area (Å²) >= 11 is 0. The highest BCUT2D eigenvalue weighted by molar-refractivity contribution is 7.91. The molecule has 0 saturated heterocycles. The molecule has 2 rings (SSSR count). The summed E-state index contributed by atoms with van der Waals surface area (Å²) in [6.45, 7) is 0. The lowest BCUT2D eigenvalue weighted by Crippen LogP contribution is -2.40. The molecule has 1 unspecified atom stereocenters. The van der Waals surface area contributed by atoms with Crippen LogP contribution in [0.5, 0.6) is 0 Å². The molecule has 0 spiro atoms. The van der Waals surface area contributed by atoms with Gasteiger partial charge in [0.05, 0.1) is 16.8 Å². The van der Waals surface area contributed by atoms with Crippen molar-refractivity contribution in [3.05, 3.63) is 29.8 Å². The number of benzene rings is 1. The predicted octanol–water partition coefficient (Wildman–Crippen LogP) is 1.06. The summed E-state index contributed by atoms with van der Waals surface area (Å²) in [6, 6.07) is 5.96. The average Bonchev–Trinajstić information content (AvgIpc) is 2.46. The minimum Gasteiger partial charge on any atom is -0.388 e. The normalized spacial score (nSPS) is 18.8. The third-order valence-electron chi connectivity index (χ3n) is 4.28. The van der Waals surface area contributed by atoms with Crippen molar-refractivity contribution in [2.24, 2.45) is 11.7 Å². The first-order chi connectivity index (χ1) is 10.7. The van der Waals surface area contributed by atoms with Crippen LogP contribution < -0.4 is 5.73 Å². The summed E-state index contributed by atoms with van der Waals surface area (Å²) in [5.41, 5.74) is 5.35. The Kier molecular flexibility index (Phi) is 5.80. The fraction of sp³-hybridized carbons (Fsp3) is 0.625. The zero-order valence-corrected chi connectivity index (χ0v) is 13.9. The quantitative estimate of drug-likeness (QED) is 0.573. The molecule has 1 atom stereocenters. The second kappa shape index (κ2) is 7.27. The Balaban J connectivity index is 2.14. The van der Waals surface area contributed by atoms with Gasteiger partial charge in [0.15, 0.2) is 9.84 Å². The molecule has 0 amide bonds. The van der Waals surface area contributed by atoms with Gasteiger partial charge in [-0.3, -0.25) is 5.73 Å². The topological polar surface area (TPSA) is 121 Å². The fourth-order valence-electron chi connectivity index (χ4n) is 3.08. The van der Waals surface area contributed by atoms with E-state index < -0.39 is 28.3 Å². The van der Waals surface area contributed by atoms with Crippen LogP contribution in [0.3, 0.4) is 0 Å². The lowest BCUT2D eigenvalue weighted by atomic mass is 9.91. The Bertz CT molecular complexity index is 618. The zero-order valence-electron chi connectivity index (χ0n) is 13.1. The molecule has 0 aromatic heterocycles. The number of hydrogen-bond donors (Lipinski definition) is 4. The Hall–Kier alpha value is -0.990. The maximum absolute atomic E-state index is 12.6. The number of sulfone groups is 1. The lowest BCUT2D eigenvalue weighted by Gasteiger charge is -2.22. The molecule has 1 saturated carbocycles. The molecule has 0 heterocycles. The van der Waals surface area contributed by atoms with Gasteiger partial charge in [0.2, 0.25) is 5.91 Å². The van der Waals surface area contributed by atoms with Crippen LogP contribution in [0.1, 0.15) is 50.2 Å². The number of nitrogens with two attached hydrogens (primary N) is 1. The van der Waals surface area contributed by atoms with Gasteiger partial charge >= 0.3 is 0 Å². The second-order valence-electron chi connectivity index (χ2n) is 6.46. The van der Waals surface area contributed by atoms with E-state index in [1.54, 1.807) is 6.07 Å². The van der Waals surface area contributed by atoms with E-state index in [0.717, 1.165) is 25.7 Å². The van der Waals surface area contributed by atoms with Gasteiger partial charge in [0.1, 0.15) is 0 Å². The molecule has 1 aliphatic carbocycles. The summed E-state index contributed by atoms with van der Waals surface area (Å²) in [5, 5.41) is 28.3. The van der Waals surface area contributed by atoms with Crippen LogP contribution in [0.25, 0.3) is 0 Å². The van der Waals surface area contributed by atoms with Crippen LogP contribution in [0, 0.1) is 5.92 Å². The number of aliphatic hydroxyl groups is 3. The Morgan fingerprint density at radius 1 is 1.22 bits per heavy atom. The van der Waals surface area contributed by atoms with Gasteiger partial charge in [0.25, 0.3) is 0 Å². The zero-order chi connectivity index (χ0) is 17.1. The van der Waals surface area contributed by atoms with Gasteiger partial charge in [0, 0.05) is 6.42 Å². The molecule has 5 N–H and O–H groups in total. The van der Waals surface area contributed by atoms with E-state index in [-0.39, 0.29) is 16.6 Å². The standard InChI is InChI=1S/C16H25NO5S/c17-16(19,20)10-15(18)13-7-4-8-14(9-13)23(21,22)11-12-5-2-1-3-6-12/h4,7-9,12,15,18-20H,1-3,5-6,10-11,17H2. The third kappa shape index (κ3) is 5.54. The molecule has 0 aliphatic heterocycles. The summed E-state index contributed by atoms with van der Waals surface area (Å²) in [6.07, 6.45) is 3.44. The first-order valence-electron chi connectivity index (χ1n) is 7.92. The van der Waals surface area contributed by atoms with E-state index in [0.29, 0.717) is 5.56 Å². The SMILES string of the molecule is NC(O)(O)CC(O)c1cccc(S(=O)(=O)CC2CCCCC2)c1. The largest absolute Gasteiger partial charge is 0.388 e. The van der Waals surface area contributed by atoms with Crippen molar-refractivity contribution >= 4 is 9.84 Å². The fourth-order valence-corrected chi connectivity index (χ4v) is 4.83.